The number of benzene rings is 1. The van der Waals surface area contributed by atoms with Gasteiger partial charge in [0.05, 0.1) is 4.47 Å². The normalized spacial score (nSPS) is 6.19. The summed E-state index contributed by atoms with van der Waals surface area (Å²) in [6.45, 7) is 0. The highest BCUT2D eigenvalue weighted by Crippen LogP contribution is 2.34. The fraction of sp³-hybridized carbons (Fsp3) is 0. The van der Waals surface area contributed by atoms with Crippen LogP contribution in [0, 0.1) is 0 Å². The molecule has 2 N–H and O–H groups in total. The number of anilines is 1. The Hall–Kier alpha value is 2.20. The minimum atomic E-state index is 0. The van der Waals surface area contributed by atoms with Crippen LogP contribution in [-0.4, -0.2) is 0 Å². The second kappa shape index (κ2) is 17.2. The minimum Gasteiger partial charge on any atom is -0.398 e. The summed E-state index contributed by atoms with van der Waals surface area (Å²) < 4.78 is 2.84. The van der Waals surface area contributed by atoms with Crippen LogP contribution < -0.4 is 5.73 Å². The van der Waals surface area contributed by atoms with Crippen LogP contribution in [0.1, 0.15) is 0 Å². The van der Waals surface area contributed by atoms with Crippen molar-refractivity contribution in [3.05, 3.63) is 25.6 Å². The van der Waals surface area contributed by atoms with Crippen LogP contribution in [0.25, 0.3) is 0 Å². The van der Waals surface area contributed by atoms with Gasteiger partial charge in [-0.05, 0) is 59.9 Å². The van der Waals surface area contributed by atoms with Crippen LogP contribution in [0.4, 0.5) is 5.69 Å². The molecular formula is C6H10Br3Cl6N. The summed E-state index contributed by atoms with van der Waals surface area (Å²) in [5, 5.41) is 0. The Morgan fingerprint density at radius 1 is 0.688 bits per heavy atom. The highest BCUT2D eigenvalue weighted by atomic mass is 79.9. The van der Waals surface area contributed by atoms with Crippen LogP contribution in [-0.2, 0) is 0 Å². The molecule has 0 aliphatic rings. The number of rotatable bonds is 0. The number of hydrogen-bond donors (Lipinski definition) is 1. The Balaban J connectivity index is -0.0000000417. The van der Waals surface area contributed by atoms with E-state index in [0.29, 0.717) is 0 Å². The zero-order valence-electron chi connectivity index (χ0n) is 7.32. The molecule has 0 heterocycles. The van der Waals surface area contributed by atoms with Crippen molar-refractivity contribution in [2.24, 2.45) is 0 Å². The van der Waals surface area contributed by atoms with Crippen molar-refractivity contribution < 1.29 is 0 Å². The molecule has 0 aliphatic heterocycles. The molecule has 0 bridgehead atoms. The molecule has 0 saturated heterocycles. The second-order valence-electron chi connectivity index (χ2n) is 1.76. The summed E-state index contributed by atoms with van der Waals surface area (Å²) in [5.41, 5.74) is 6.32. The summed E-state index contributed by atoms with van der Waals surface area (Å²) in [6, 6.07) is 3.73. The number of nitrogens with two attached hydrogens (primary N) is 1. The molecule has 0 aromatic heterocycles. The average molecular weight is 549 g/mol. The molecule has 10 heteroatoms. The molecule has 0 amide bonds. The van der Waals surface area contributed by atoms with Gasteiger partial charge in [-0.3, -0.25) is 0 Å². The van der Waals surface area contributed by atoms with Gasteiger partial charge in [0.15, 0.2) is 0 Å². The van der Waals surface area contributed by atoms with E-state index in [1.807, 2.05) is 12.1 Å². The third kappa shape index (κ3) is 10.2. The summed E-state index contributed by atoms with van der Waals surface area (Å²) in [4.78, 5) is 0. The lowest BCUT2D eigenvalue weighted by Crippen LogP contribution is -1.86. The van der Waals surface area contributed by atoms with Crippen LogP contribution >= 0.6 is 122 Å². The summed E-state index contributed by atoms with van der Waals surface area (Å²) in [7, 11) is 0. The maximum Gasteiger partial charge on any atom is 0.0558 e. The Morgan fingerprint density at radius 3 is 1.38 bits per heavy atom. The Bertz CT molecular complexity index is 248. The molecule has 1 nitrogen and oxygen atoms in total. The van der Waals surface area contributed by atoms with Gasteiger partial charge in [0.25, 0.3) is 0 Å². The number of halogens is 9. The van der Waals surface area contributed by atoms with E-state index in [1.165, 1.54) is 0 Å². The third-order valence-electron chi connectivity index (χ3n) is 1.07. The molecule has 16 heavy (non-hydrogen) atoms. The van der Waals surface area contributed by atoms with Crippen molar-refractivity contribution in [3.8, 4) is 0 Å². The fourth-order valence-corrected chi connectivity index (χ4v) is 1.84. The maximum atomic E-state index is 5.59. The molecule has 0 unspecified atom stereocenters. The third-order valence-corrected chi connectivity index (χ3v) is 4.47. The van der Waals surface area contributed by atoms with Crippen molar-refractivity contribution in [3.63, 3.8) is 0 Å². The van der Waals surface area contributed by atoms with Crippen molar-refractivity contribution in [1.29, 1.82) is 0 Å². The highest BCUT2D eigenvalue weighted by molar-refractivity contribution is 9.14. The Kier molecular flexibility index (Phi) is 38.9. The van der Waals surface area contributed by atoms with Crippen molar-refractivity contribution in [2.45, 2.75) is 0 Å². The van der Waals surface area contributed by atoms with Gasteiger partial charge in [-0.1, -0.05) is 0 Å². The number of hydrogen-bond acceptors (Lipinski definition) is 1. The predicted octanol–water partition coefficient (Wildman–Crippen LogP) is 6.09. The lowest BCUT2D eigenvalue weighted by Gasteiger charge is -2.01. The lowest BCUT2D eigenvalue weighted by molar-refractivity contribution is 1.53. The molecule has 0 atom stereocenters. The van der Waals surface area contributed by atoms with Crippen molar-refractivity contribution in [2.75, 3.05) is 5.73 Å². The first kappa shape index (κ1) is 36.2. The molecule has 102 valence electrons. The first-order valence-corrected chi connectivity index (χ1v) is 4.90. The molecule has 1 rings (SSSR count). The van der Waals surface area contributed by atoms with E-state index >= 15 is 0 Å². The molecule has 1 aromatic rings. The standard InChI is InChI=1S/C6H4Br3N.6ClH/c7-3-1-2-4(10)6(9)5(3)8;;;;;;/h1-2H,10H2;6*1H. The van der Waals surface area contributed by atoms with E-state index in [-0.39, 0.29) is 74.4 Å². The Morgan fingerprint density at radius 2 is 1.06 bits per heavy atom. The maximum absolute atomic E-state index is 5.59. The van der Waals surface area contributed by atoms with Gasteiger partial charge in [0.1, 0.15) is 0 Å². The Labute approximate surface area is 157 Å². The zero-order valence-corrected chi connectivity index (χ0v) is 17.0. The van der Waals surface area contributed by atoms with E-state index in [0.717, 1.165) is 19.1 Å². The monoisotopic (exact) mass is 543 g/mol. The molecule has 0 saturated carbocycles. The molecule has 0 fully saturated rings. The first-order valence-electron chi connectivity index (χ1n) is 2.52. The van der Waals surface area contributed by atoms with Gasteiger partial charge in [-0.15, -0.1) is 74.4 Å². The van der Waals surface area contributed by atoms with Crippen LogP contribution in [0.5, 0.6) is 0 Å². The van der Waals surface area contributed by atoms with Gasteiger partial charge in [-0.25, -0.2) is 0 Å². The summed E-state index contributed by atoms with van der Waals surface area (Å²) in [6.07, 6.45) is 0. The zero-order chi connectivity index (χ0) is 7.72. The molecule has 0 spiro atoms. The largest absolute Gasteiger partial charge is 0.398 e. The molecule has 0 radical (unpaired) electrons. The topological polar surface area (TPSA) is 26.0 Å². The molecular weight excluding hydrogens is 539 g/mol. The minimum absolute atomic E-state index is 0. The van der Waals surface area contributed by atoms with Crippen molar-refractivity contribution >= 4 is 128 Å². The van der Waals surface area contributed by atoms with Gasteiger partial charge < -0.3 is 5.73 Å². The van der Waals surface area contributed by atoms with E-state index < -0.39 is 0 Å². The summed E-state index contributed by atoms with van der Waals surface area (Å²) in [5.74, 6) is 0. The predicted molar refractivity (Wildman–Crippen MR) is 97.4 cm³/mol. The highest BCUT2D eigenvalue weighted by Gasteiger charge is 2.03. The van der Waals surface area contributed by atoms with E-state index in [1.54, 1.807) is 0 Å². The first-order chi connectivity index (χ1) is 4.63. The van der Waals surface area contributed by atoms with Gasteiger partial charge in [0.2, 0.25) is 0 Å². The fourth-order valence-electron chi connectivity index (χ4n) is 0.541. The van der Waals surface area contributed by atoms with E-state index in [4.69, 9.17) is 5.73 Å². The summed E-state index contributed by atoms with van der Waals surface area (Å²) >= 11 is 10.0. The lowest BCUT2D eigenvalue weighted by atomic mass is 10.3. The van der Waals surface area contributed by atoms with E-state index in [2.05, 4.69) is 47.8 Å². The second-order valence-corrected chi connectivity index (χ2v) is 4.20. The van der Waals surface area contributed by atoms with Gasteiger partial charge >= 0.3 is 0 Å². The van der Waals surface area contributed by atoms with Gasteiger partial charge in [-0.2, -0.15) is 0 Å². The van der Waals surface area contributed by atoms with E-state index in [9.17, 15) is 0 Å². The van der Waals surface area contributed by atoms with Crippen LogP contribution in [0.3, 0.4) is 0 Å². The average Bonchev–Trinajstić information content (AvgIpc) is 1.93. The molecule has 1 aromatic carbocycles. The quantitative estimate of drug-likeness (QED) is 0.308. The van der Waals surface area contributed by atoms with Crippen LogP contribution in [0.2, 0.25) is 0 Å². The number of nitrogen functional groups attached to an aromatic ring is 1. The van der Waals surface area contributed by atoms with Crippen molar-refractivity contribution in [1.82, 2.24) is 0 Å². The smallest absolute Gasteiger partial charge is 0.0558 e. The van der Waals surface area contributed by atoms with Crippen LogP contribution in [0.15, 0.2) is 25.6 Å². The van der Waals surface area contributed by atoms with Gasteiger partial charge in [0, 0.05) is 14.6 Å². The SMILES string of the molecule is Cl.Cl.Cl.Cl.Cl.Cl.Nc1ccc(Br)c(Br)c1Br. The molecule has 0 aliphatic carbocycles.